The molecule has 1 fully saturated rings. The Bertz CT molecular complexity index is 365. The van der Waals surface area contributed by atoms with Gasteiger partial charge < -0.3 is 20.5 Å². The number of carboxylic acids is 1. The van der Waals surface area contributed by atoms with E-state index in [0.29, 0.717) is 6.42 Å². The van der Waals surface area contributed by atoms with E-state index in [1.165, 1.54) is 0 Å². The zero-order valence-corrected chi connectivity index (χ0v) is 13.4. The van der Waals surface area contributed by atoms with Crippen molar-refractivity contribution in [1.29, 1.82) is 0 Å². The number of hydrogen-bond acceptors (Lipinski definition) is 4. The van der Waals surface area contributed by atoms with E-state index >= 15 is 0 Å². The fourth-order valence-electron chi connectivity index (χ4n) is 2.58. The molecule has 0 aliphatic heterocycles. The molecule has 1 rings (SSSR count). The topological polar surface area (TPSA) is 87.7 Å². The molecule has 0 aromatic carbocycles. The van der Waals surface area contributed by atoms with Crippen LogP contribution in [0.4, 0.5) is 4.79 Å². The number of nitrogens with one attached hydrogen (secondary N) is 2. The van der Waals surface area contributed by atoms with Gasteiger partial charge in [0.25, 0.3) is 0 Å². The summed E-state index contributed by atoms with van der Waals surface area (Å²) >= 11 is 0. The molecule has 6 nitrogen and oxygen atoms in total. The molecule has 1 aliphatic rings. The monoisotopic (exact) mass is 300 g/mol. The van der Waals surface area contributed by atoms with Crippen molar-refractivity contribution in [3.63, 3.8) is 0 Å². The lowest BCUT2D eigenvalue weighted by atomic mass is 10.1. The number of aliphatic carboxylic acids is 1. The number of rotatable bonds is 6. The smallest absolute Gasteiger partial charge is 0.407 e. The predicted molar refractivity (Wildman–Crippen MR) is 80.3 cm³/mol. The van der Waals surface area contributed by atoms with Crippen molar-refractivity contribution in [3.8, 4) is 0 Å². The van der Waals surface area contributed by atoms with Crippen LogP contribution in [-0.4, -0.2) is 40.9 Å². The van der Waals surface area contributed by atoms with Gasteiger partial charge in [-0.25, -0.2) is 4.79 Å². The van der Waals surface area contributed by atoms with E-state index in [-0.39, 0.29) is 30.6 Å². The van der Waals surface area contributed by atoms with Crippen LogP contribution in [0, 0.1) is 0 Å². The first-order chi connectivity index (χ1) is 9.67. The molecular weight excluding hydrogens is 272 g/mol. The van der Waals surface area contributed by atoms with E-state index in [2.05, 4.69) is 10.6 Å². The summed E-state index contributed by atoms with van der Waals surface area (Å²) in [5.41, 5.74) is -0.500. The third kappa shape index (κ3) is 7.32. The lowest BCUT2D eigenvalue weighted by Gasteiger charge is -2.27. The third-order valence-corrected chi connectivity index (χ3v) is 3.51. The Morgan fingerprint density at radius 3 is 2.48 bits per heavy atom. The normalized spacial score (nSPS) is 23.6. The molecule has 3 atom stereocenters. The Hall–Kier alpha value is -1.30. The number of carboxylic acid groups (broad SMARTS) is 1. The summed E-state index contributed by atoms with van der Waals surface area (Å²) < 4.78 is 5.28. The molecule has 0 aromatic heterocycles. The Morgan fingerprint density at radius 1 is 1.29 bits per heavy atom. The van der Waals surface area contributed by atoms with Gasteiger partial charge in [-0.2, -0.15) is 0 Å². The van der Waals surface area contributed by atoms with Crippen molar-refractivity contribution in [2.24, 2.45) is 0 Å². The van der Waals surface area contributed by atoms with E-state index in [1.807, 2.05) is 27.7 Å². The quantitative estimate of drug-likeness (QED) is 0.700. The van der Waals surface area contributed by atoms with Crippen LogP contribution >= 0.6 is 0 Å². The fraction of sp³-hybridized carbons (Fsp3) is 0.867. The standard InChI is InChI=1S/C15H28N2O4/c1-10(8-9-13(18)19)16-11-6-5-7-12(11)17-14(20)21-15(2,3)4/h10-12,16H,5-9H2,1-4H3,(H,17,20)(H,18,19). The van der Waals surface area contributed by atoms with Gasteiger partial charge in [0, 0.05) is 24.5 Å². The average molecular weight is 300 g/mol. The van der Waals surface area contributed by atoms with Crippen LogP contribution in [0.25, 0.3) is 0 Å². The fourth-order valence-corrected chi connectivity index (χ4v) is 2.58. The Balaban J connectivity index is 2.40. The maximum absolute atomic E-state index is 11.8. The van der Waals surface area contributed by atoms with Crippen LogP contribution in [0.2, 0.25) is 0 Å². The van der Waals surface area contributed by atoms with Gasteiger partial charge in [-0.15, -0.1) is 0 Å². The van der Waals surface area contributed by atoms with Gasteiger partial charge in [-0.05, 0) is 53.4 Å². The van der Waals surface area contributed by atoms with Gasteiger partial charge >= 0.3 is 12.1 Å². The second-order valence-electron chi connectivity index (χ2n) is 6.79. The van der Waals surface area contributed by atoms with Gasteiger partial charge in [0.15, 0.2) is 0 Å². The molecule has 0 saturated heterocycles. The Kier molecular flexibility index (Phi) is 6.45. The van der Waals surface area contributed by atoms with Crippen molar-refractivity contribution in [2.75, 3.05) is 0 Å². The van der Waals surface area contributed by atoms with Crippen LogP contribution in [0.1, 0.15) is 59.8 Å². The first-order valence-electron chi connectivity index (χ1n) is 7.65. The minimum Gasteiger partial charge on any atom is -0.481 e. The van der Waals surface area contributed by atoms with E-state index < -0.39 is 11.6 Å². The number of ether oxygens (including phenoxy) is 1. The van der Waals surface area contributed by atoms with Gasteiger partial charge in [-0.3, -0.25) is 4.79 Å². The SMILES string of the molecule is CC(CCC(=O)O)NC1CCCC1NC(=O)OC(C)(C)C. The molecule has 122 valence electrons. The second-order valence-corrected chi connectivity index (χ2v) is 6.79. The van der Waals surface area contributed by atoms with Crippen molar-refractivity contribution in [1.82, 2.24) is 10.6 Å². The van der Waals surface area contributed by atoms with Crippen molar-refractivity contribution in [2.45, 2.75) is 83.5 Å². The largest absolute Gasteiger partial charge is 0.481 e. The number of hydrogen-bond donors (Lipinski definition) is 3. The summed E-state index contributed by atoms with van der Waals surface area (Å²) in [4.78, 5) is 22.4. The molecule has 0 heterocycles. The molecule has 3 N–H and O–H groups in total. The van der Waals surface area contributed by atoms with Crippen LogP contribution in [0.5, 0.6) is 0 Å². The molecule has 6 heteroatoms. The zero-order chi connectivity index (χ0) is 16.0. The molecule has 1 saturated carbocycles. The lowest BCUT2D eigenvalue weighted by molar-refractivity contribution is -0.137. The molecule has 3 unspecified atom stereocenters. The van der Waals surface area contributed by atoms with E-state index in [0.717, 1.165) is 19.3 Å². The Labute approximate surface area is 126 Å². The minimum atomic E-state index is -0.779. The summed E-state index contributed by atoms with van der Waals surface area (Å²) in [7, 11) is 0. The van der Waals surface area contributed by atoms with Crippen LogP contribution in [-0.2, 0) is 9.53 Å². The molecule has 1 aliphatic carbocycles. The molecule has 0 radical (unpaired) electrons. The predicted octanol–water partition coefficient (Wildman–Crippen LogP) is 2.28. The average Bonchev–Trinajstić information content (AvgIpc) is 2.71. The van der Waals surface area contributed by atoms with E-state index in [1.54, 1.807) is 0 Å². The van der Waals surface area contributed by atoms with E-state index in [4.69, 9.17) is 9.84 Å². The van der Waals surface area contributed by atoms with Crippen LogP contribution in [0.15, 0.2) is 0 Å². The van der Waals surface area contributed by atoms with Gasteiger partial charge in [0.05, 0.1) is 0 Å². The van der Waals surface area contributed by atoms with Crippen molar-refractivity contribution < 1.29 is 19.4 Å². The highest BCUT2D eigenvalue weighted by molar-refractivity contribution is 5.68. The summed E-state index contributed by atoms with van der Waals surface area (Å²) in [6, 6.07) is 0.348. The number of carbonyl (C=O) groups excluding carboxylic acids is 1. The van der Waals surface area contributed by atoms with Crippen LogP contribution in [0.3, 0.4) is 0 Å². The number of amides is 1. The van der Waals surface area contributed by atoms with E-state index in [9.17, 15) is 9.59 Å². The summed E-state index contributed by atoms with van der Waals surface area (Å²) in [6.07, 6.45) is 3.31. The molecule has 0 bridgehead atoms. The highest BCUT2D eigenvalue weighted by Gasteiger charge is 2.30. The maximum Gasteiger partial charge on any atom is 0.407 e. The minimum absolute atomic E-state index is 0.0483. The summed E-state index contributed by atoms with van der Waals surface area (Å²) in [5.74, 6) is -0.779. The first kappa shape index (κ1) is 17.8. The summed E-state index contributed by atoms with van der Waals surface area (Å²) in [6.45, 7) is 7.49. The molecule has 0 aromatic rings. The molecule has 0 spiro atoms. The van der Waals surface area contributed by atoms with Crippen LogP contribution < -0.4 is 10.6 Å². The van der Waals surface area contributed by atoms with Crippen molar-refractivity contribution >= 4 is 12.1 Å². The van der Waals surface area contributed by atoms with Gasteiger partial charge in [0.2, 0.25) is 0 Å². The lowest BCUT2D eigenvalue weighted by Crippen LogP contribution is -2.50. The van der Waals surface area contributed by atoms with Gasteiger partial charge in [0.1, 0.15) is 5.60 Å². The van der Waals surface area contributed by atoms with Gasteiger partial charge in [-0.1, -0.05) is 0 Å². The Morgan fingerprint density at radius 2 is 1.90 bits per heavy atom. The zero-order valence-electron chi connectivity index (χ0n) is 13.4. The molecular formula is C15H28N2O4. The third-order valence-electron chi connectivity index (χ3n) is 3.51. The summed E-state index contributed by atoms with van der Waals surface area (Å²) in [5, 5.41) is 15.0. The number of alkyl carbamates (subject to hydrolysis) is 1. The number of carbonyl (C=O) groups is 2. The highest BCUT2D eigenvalue weighted by Crippen LogP contribution is 2.21. The first-order valence-corrected chi connectivity index (χ1v) is 7.65. The van der Waals surface area contributed by atoms with Crippen molar-refractivity contribution in [3.05, 3.63) is 0 Å². The second kappa shape index (κ2) is 7.64. The molecule has 1 amide bonds. The highest BCUT2D eigenvalue weighted by atomic mass is 16.6. The molecule has 21 heavy (non-hydrogen) atoms. The maximum atomic E-state index is 11.8.